The van der Waals surface area contributed by atoms with Gasteiger partial charge in [0, 0.05) is 18.8 Å². The summed E-state index contributed by atoms with van der Waals surface area (Å²) >= 11 is 0. The van der Waals surface area contributed by atoms with Gasteiger partial charge in [-0.15, -0.1) is 0 Å². The Balaban J connectivity index is 1.90. The SMILES string of the molecule is O=S(=O)(c1cn[nH]c1)N1CCC2CCCCC21. The molecule has 0 radical (unpaired) electrons. The molecule has 2 heterocycles. The molecule has 1 saturated heterocycles. The number of fused-ring (bicyclic) bond motifs is 1. The number of H-pyrrole nitrogens is 1. The predicted octanol–water partition coefficient (Wildman–Crippen LogP) is 1.36. The zero-order valence-electron chi connectivity index (χ0n) is 9.67. The Morgan fingerprint density at radius 1 is 1.29 bits per heavy atom. The molecule has 1 aromatic rings. The smallest absolute Gasteiger partial charge is 0.246 e. The number of rotatable bonds is 2. The topological polar surface area (TPSA) is 66.1 Å². The Labute approximate surface area is 101 Å². The minimum absolute atomic E-state index is 0.226. The van der Waals surface area contributed by atoms with Crippen LogP contribution >= 0.6 is 0 Å². The zero-order valence-corrected chi connectivity index (χ0v) is 10.5. The number of hydrogen-bond donors (Lipinski definition) is 1. The van der Waals surface area contributed by atoms with Crippen LogP contribution in [-0.2, 0) is 10.0 Å². The molecular weight excluding hydrogens is 238 g/mol. The van der Waals surface area contributed by atoms with Crippen molar-refractivity contribution in [1.82, 2.24) is 14.5 Å². The first-order chi connectivity index (χ1) is 8.19. The van der Waals surface area contributed by atoms with Crippen molar-refractivity contribution >= 4 is 10.0 Å². The van der Waals surface area contributed by atoms with Crippen LogP contribution in [0.4, 0.5) is 0 Å². The molecule has 3 rings (SSSR count). The molecule has 0 bridgehead atoms. The first kappa shape index (κ1) is 11.2. The fourth-order valence-electron chi connectivity index (χ4n) is 3.18. The average molecular weight is 255 g/mol. The molecule has 0 spiro atoms. The molecule has 1 aliphatic heterocycles. The highest BCUT2D eigenvalue weighted by Gasteiger charge is 2.42. The summed E-state index contributed by atoms with van der Waals surface area (Å²) in [5.41, 5.74) is 0. The summed E-state index contributed by atoms with van der Waals surface area (Å²) in [7, 11) is -3.33. The quantitative estimate of drug-likeness (QED) is 0.867. The van der Waals surface area contributed by atoms with E-state index in [1.807, 2.05) is 0 Å². The molecule has 2 unspecified atom stereocenters. The van der Waals surface area contributed by atoms with Gasteiger partial charge in [0.2, 0.25) is 10.0 Å². The molecule has 6 heteroatoms. The first-order valence-electron chi connectivity index (χ1n) is 6.20. The largest absolute Gasteiger partial charge is 0.284 e. The maximum absolute atomic E-state index is 12.4. The Hall–Kier alpha value is -0.880. The van der Waals surface area contributed by atoms with Crippen LogP contribution in [0.3, 0.4) is 0 Å². The van der Waals surface area contributed by atoms with Crippen LogP contribution in [0.25, 0.3) is 0 Å². The summed E-state index contributed by atoms with van der Waals surface area (Å²) in [6.45, 7) is 0.669. The number of nitrogens with one attached hydrogen (secondary N) is 1. The van der Waals surface area contributed by atoms with Crippen LogP contribution < -0.4 is 0 Å². The van der Waals surface area contributed by atoms with Gasteiger partial charge in [0.1, 0.15) is 4.90 Å². The van der Waals surface area contributed by atoms with E-state index in [4.69, 9.17) is 0 Å². The minimum atomic E-state index is -3.33. The number of hydrogen-bond acceptors (Lipinski definition) is 3. The lowest BCUT2D eigenvalue weighted by Crippen LogP contribution is -2.39. The molecule has 2 aliphatic rings. The van der Waals surface area contributed by atoms with E-state index >= 15 is 0 Å². The summed E-state index contributed by atoms with van der Waals surface area (Å²) in [4.78, 5) is 0.295. The van der Waals surface area contributed by atoms with Crippen molar-refractivity contribution in [2.24, 2.45) is 5.92 Å². The second-order valence-corrected chi connectivity index (χ2v) is 6.84. The molecule has 2 fully saturated rings. The molecule has 2 atom stereocenters. The van der Waals surface area contributed by atoms with Gasteiger partial charge in [-0.2, -0.15) is 9.40 Å². The standard InChI is InChI=1S/C11H17N3O2S/c15-17(16,10-7-12-13-8-10)14-6-5-9-3-1-2-4-11(9)14/h7-9,11H,1-6H2,(H,12,13). The van der Waals surface area contributed by atoms with E-state index in [9.17, 15) is 8.42 Å². The van der Waals surface area contributed by atoms with Gasteiger partial charge in [0.25, 0.3) is 0 Å². The lowest BCUT2D eigenvalue weighted by molar-refractivity contribution is 0.260. The van der Waals surface area contributed by atoms with Gasteiger partial charge in [-0.05, 0) is 25.2 Å². The fourth-order valence-corrected chi connectivity index (χ4v) is 4.81. The molecule has 1 N–H and O–H groups in total. The lowest BCUT2D eigenvalue weighted by Gasteiger charge is -2.30. The Morgan fingerprint density at radius 3 is 2.88 bits per heavy atom. The number of nitrogens with zero attached hydrogens (tertiary/aromatic N) is 2. The highest BCUT2D eigenvalue weighted by atomic mass is 32.2. The van der Waals surface area contributed by atoms with E-state index in [0.29, 0.717) is 17.4 Å². The van der Waals surface area contributed by atoms with Gasteiger partial charge in [-0.1, -0.05) is 12.8 Å². The molecule has 5 nitrogen and oxygen atoms in total. The van der Waals surface area contributed by atoms with Crippen LogP contribution in [0.15, 0.2) is 17.3 Å². The molecule has 1 saturated carbocycles. The second kappa shape index (κ2) is 4.10. The van der Waals surface area contributed by atoms with E-state index in [1.54, 1.807) is 4.31 Å². The summed E-state index contributed by atoms with van der Waals surface area (Å²) in [6.07, 6.45) is 8.47. The number of aromatic amines is 1. The minimum Gasteiger partial charge on any atom is -0.284 e. The highest BCUT2D eigenvalue weighted by Crippen LogP contribution is 2.38. The van der Waals surface area contributed by atoms with Crippen molar-refractivity contribution in [2.75, 3.05) is 6.54 Å². The van der Waals surface area contributed by atoms with Crippen LogP contribution in [0.5, 0.6) is 0 Å². The number of sulfonamides is 1. The maximum Gasteiger partial charge on any atom is 0.246 e. The molecule has 94 valence electrons. The van der Waals surface area contributed by atoms with Crippen molar-refractivity contribution in [3.8, 4) is 0 Å². The van der Waals surface area contributed by atoms with Crippen LogP contribution in [0, 0.1) is 5.92 Å². The monoisotopic (exact) mass is 255 g/mol. The van der Waals surface area contributed by atoms with Crippen molar-refractivity contribution in [2.45, 2.75) is 43.0 Å². The van der Waals surface area contributed by atoms with E-state index in [2.05, 4.69) is 10.2 Å². The third-order valence-corrected chi connectivity index (χ3v) is 5.93. The Bertz CT molecular complexity index is 483. The van der Waals surface area contributed by atoms with Crippen LogP contribution in [0.1, 0.15) is 32.1 Å². The van der Waals surface area contributed by atoms with Gasteiger partial charge in [-0.25, -0.2) is 8.42 Å². The molecule has 0 amide bonds. The molecule has 17 heavy (non-hydrogen) atoms. The zero-order chi connectivity index (χ0) is 11.9. The second-order valence-electron chi connectivity index (χ2n) is 4.95. The third-order valence-electron chi connectivity index (χ3n) is 4.04. The molecule has 1 aliphatic carbocycles. The first-order valence-corrected chi connectivity index (χ1v) is 7.64. The van der Waals surface area contributed by atoms with Crippen molar-refractivity contribution < 1.29 is 8.42 Å². The summed E-state index contributed by atoms with van der Waals surface area (Å²) in [5.74, 6) is 0.574. The van der Waals surface area contributed by atoms with Crippen molar-refractivity contribution in [3.05, 3.63) is 12.4 Å². The van der Waals surface area contributed by atoms with Gasteiger partial charge >= 0.3 is 0 Å². The lowest BCUT2D eigenvalue weighted by atomic mass is 9.86. The summed E-state index contributed by atoms with van der Waals surface area (Å²) < 4.78 is 26.5. The van der Waals surface area contributed by atoms with Gasteiger partial charge in [0.05, 0.1) is 6.20 Å². The van der Waals surface area contributed by atoms with Crippen molar-refractivity contribution in [1.29, 1.82) is 0 Å². The van der Waals surface area contributed by atoms with E-state index in [-0.39, 0.29) is 6.04 Å². The highest BCUT2D eigenvalue weighted by molar-refractivity contribution is 7.89. The van der Waals surface area contributed by atoms with Gasteiger partial charge in [-0.3, -0.25) is 5.10 Å². The fraction of sp³-hybridized carbons (Fsp3) is 0.727. The van der Waals surface area contributed by atoms with Gasteiger partial charge < -0.3 is 0 Å². The van der Waals surface area contributed by atoms with Crippen LogP contribution in [0.2, 0.25) is 0 Å². The van der Waals surface area contributed by atoms with Gasteiger partial charge in [0.15, 0.2) is 0 Å². The van der Waals surface area contributed by atoms with E-state index < -0.39 is 10.0 Å². The summed E-state index contributed by atoms with van der Waals surface area (Å²) in [6, 6.07) is 0.226. The predicted molar refractivity (Wildman–Crippen MR) is 62.8 cm³/mol. The molecular formula is C11H17N3O2S. The average Bonchev–Trinajstić information content (AvgIpc) is 2.99. The third kappa shape index (κ3) is 1.79. The molecule has 0 aromatic carbocycles. The van der Waals surface area contributed by atoms with Crippen molar-refractivity contribution in [3.63, 3.8) is 0 Å². The Morgan fingerprint density at radius 2 is 2.12 bits per heavy atom. The molecule has 1 aromatic heterocycles. The Kier molecular flexibility index (Phi) is 2.71. The normalized spacial score (nSPS) is 30.4. The van der Waals surface area contributed by atoms with Crippen LogP contribution in [-0.4, -0.2) is 35.5 Å². The number of aromatic nitrogens is 2. The van der Waals surface area contributed by atoms with E-state index in [1.165, 1.54) is 25.2 Å². The van der Waals surface area contributed by atoms with E-state index in [0.717, 1.165) is 19.3 Å². The summed E-state index contributed by atoms with van der Waals surface area (Å²) in [5, 5.41) is 6.31. The maximum atomic E-state index is 12.4.